The second-order valence-electron chi connectivity index (χ2n) is 1.99. The van der Waals surface area contributed by atoms with Crippen molar-refractivity contribution < 1.29 is 4.18 Å². The van der Waals surface area contributed by atoms with Crippen LogP contribution in [0.4, 0.5) is 0 Å². The lowest BCUT2D eigenvalue weighted by Gasteiger charge is -2.03. The SMILES string of the molecule is COSC1C=CC(S)C1. The maximum atomic E-state index is 4.91. The zero-order valence-corrected chi connectivity index (χ0v) is 6.99. The quantitative estimate of drug-likeness (QED) is 0.377. The smallest absolute Gasteiger partial charge is 0.0504 e. The average Bonchev–Trinajstić information content (AvgIpc) is 2.17. The zero-order chi connectivity index (χ0) is 6.69. The van der Waals surface area contributed by atoms with E-state index in [1.54, 1.807) is 7.11 Å². The van der Waals surface area contributed by atoms with Gasteiger partial charge in [0.2, 0.25) is 0 Å². The van der Waals surface area contributed by atoms with Crippen molar-refractivity contribution in [2.45, 2.75) is 16.9 Å². The minimum absolute atomic E-state index is 0.442. The van der Waals surface area contributed by atoms with E-state index in [1.807, 2.05) is 0 Å². The van der Waals surface area contributed by atoms with Crippen molar-refractivity contribution >= 4 is 24.7 Å². The number of hydrogen-bond acceptors (Lipinski definition) is 3. The van der Waals surface area contributed by atoms with Crippen LogP contribution in [0.1, 0.15) is 6.42 Å². The van der Waals surface area contributed by atoms with E-state index >= 15 is 0 Å². The highest BCUT2D eigenvalue weighted by Gasteiger charge is 2.15. The van der Waals surface area contributed by atoms with Crippen LogP contribution in [0.15, 0.2) is 12.2 Å². The van der Waals surface area contributed by atoms with Crippen molar-refractivity contribution in [3.8, 4) is 0 Å². The number of rotatable bonds is 2. The van der Waals surface area contributed by atoms with Gasteiger partial charge >= 0.3 is 0 Å². The Morgan fingerprint density at radius 3 is 2.89 bits per heavy atom. The van der Waals surface area contributed by atoms with Crippen LogP contribution in [0.2, 0.25) is 0 Å². The van der Waals surface area contributed by atoms with Gasteiger partial charge in [-0.1, -0.05) is 12.2 Å². The lowest BCUT2D eigenvalue weighted by Crippen LogP contribution is -1.97. The molecule has 1 aliphatic rings. The largest absolute Gasteiger partial charge is 0.318 e. The Morgan fingerprint density at radius 2 is 2.44 bits per heavy atom. The lowest BCUT2D eigenvalue weighted by molar-refractivity contribution is 0.486. The molecule has 0 spiro atoms. The van der Waals surface area contributed by atoms with Gasteiger partial charge < -0.3 is 4.18 Å². The van der Waals surface area contributed by atoms with E-state index in [0.717, 1.165) is 6.42 Å². The minimum atomic E-state index is 0.442. The van der Waals surface area contributed by atoms with Crippen molar-refractivity contribution in [3.05, 3.63) is 12.2 Å². The third-order valence-corrected chi connectivity index (χ3v) is 2.41. The van der Waals surface area contributed by atoms with E-state index in [2.05, 4.69) is 24.8 Å². The molecule has 0 N–H and O–H groups in total. The third-order valence-electron chi connectivity index (χ3n) is 1.24. The predicted octanol–water partition coefficient (Wildman–Crippen LogP) is 1.91. The molecule has 0 aromatic rings. The summed E-state index contributed by atoms with van der Waals surface area (Å²) >= 11 is 5.80. The minimum Gasteiger partial charge on any atom is -0.318 e. The van der Waals surface area contributed by atoms with Crippen molar-refractivity contribution in [1.29, 1.82) is 0 Å². The molecule has 1 aliphatic carbocycles. The van der Waals surface area contributed by atoms with Crippen LogP contribution in [0.5, 0.6) is 0 Å². The Balaban J connectivity index is 2.24. The highest BCUT2D eigenvalue weighted by atomic mass is 32.2. The van der Waals surface area contributed by atoms with Crippen molar-refractivity contribution in [2.75, 3.05) is 7.11 Å². The molecule has 9 heavy (non-hydrogen) atoms. The molecule has 0 amide bonds. The van der Waals surface area contributed by atoms with Crippen molar-refractivity contribution in [1.82, 2.24) is 0 Å². The fourth-order valence-electron chi connectivity index (χ4n) is 0.842. The van der Waals surface area contributed by atoms with Crippen LogP contribution in [-0.4, -0.2) is 17.6 Å². The van der Waals surface area contributed by atoms with Crippen LogP contribution < -0.4 is 0 Å². The van der Waals surface area contributed by atoms with Crippen molar-refractivity contribution in [3.63, 3.8) is 0 Å². The normalized spacial score (nSPS) is 33.6. The van der Waals surface area contributed by atoms with Gasteiger partial charge in [-0.15, -0.1) is 0 Å². The second kappa shape index (κ2) is 3.54. The second-order valence-corrected chi connectivity index (χ2v) is 3.78. The summed E-state index contributed by atoms with van der Waals surface area (Å²) in [6.45, 7) is 0. The fraction of sp³-hybridized carbons (Fsp3) is 0.667. The fourth-order valence-corrected chi connectivity index (χ4v) is 2.00. The summed E-state index contributed by atoms with van der Waals surface area (Å²) in [5, 5.41) is 0.968. The number of hydrogen-bond donors (Lipinski definition) is 1. The van der Waals surface area contributed by atoms with E-state index in [9.17, 15) is 0 Å². The molecule has 0 aromatic heterocycles. The summed E-state index contributed by atoms with van der Waals surface area (Å²) in [6.07, 6.45) is 5.35. The van der Waals surface area contributed by atoms with Gasteiger partial charge in [-0.05, 0) is 18.5 Å². The molecule has 2 unspecified atom stereocenters. The molecular formula is C6H10OS2. The first-order valence-corrected chi connectivity index (χ1v) is 4.21. The Bertz CT molecular complexity index is 114. The van der Waals surface area contributed by atoms with Crippen LogP contribution >= 0.6 is 24.7 Å². The van der Waals surface area contributed by atoms with Crippen LogP contribution in [-0.2, 0) is 4.18 Å². The lowest BCUT2D eigenvalue weighted by atomic mass is 10.3. The summed E-state index contributed by atoms with van der Waals surface area (Å²) < 4.78 is 4.91. The highest BCUT2D eigenvalue weighted by Crippen LogP contribution is 2.26. The molecule has 0 radical (unpaired) electrons. The summed E-state index contributed by atoms with van der Waals surface area (Å²) in [7, 11) is 1.70. The first-order valence-electron chi connectivity index (χ1n) is 2.89. The van der Waals surface area contributed by atoms with E-state index < -0.39 is 0 Å². The maximum absolute atomic E-state index is 4.91. The molecule has 0 aliphatic heterocycles. The van der Waals surface area contributed by atoms with Gasteiger partial charge in [0.05, 0.1) is 12.4 Å². The molecular weight excluding hydrogens is 152 g/mol. The molecule has 0 aromatic carbocycles. The summed E-state index contributed by atoms with van der Waals surface area (Å²) in [5.41, 5.74) is 0. The van der Waals surface area contributed by atoms with Gasteiger partial charge in [-0.2, -0.15) is 12.6 Å². The topological polar surface area (TPSA) is 9.23 Å². The molecule has 3 heteroatoms. The predicted molar refractivity (Wildman–Crippen MR) is 44.9 cm³/mol. The molecule has 2 atom stereocenters. The van der Waals surface area contributed by atoms with Crippen LogP contribution in [0.3, 0.4) is 0 Å². The highest BCUT2D eigenvalue weighted by molar-refractivity contribution is 7.95. The Morgan fingerprint density at radius 1 is 1.67 bits per heavy atom. The molecule has 0 heterocycles. The molecule has 1 nitrogen and oxygen atoms in total. The van der Waals surface area contributed by atoms with Gasteiger partial charge in [-0.3, -0.25) is 0 Å². The molecule has 0 bridgehead atoms. The van der Waals surface area contributed by atoms with Gasteiger partial charge in [0.1, 0.15) is 0 Å². The van der Waals surface area contributed by atoms with Crippen LogP contribution in [0.25, 0.3) is 0 Å². The molecule has 0 saturated heterocycles. The Hall–Kier alpha value is 0.400. The first-order chi connectivity index (χ1) is 4.33. The van der Waals surface area contributed by atoms with Gasteiger partial charge in [0, 0.05) is 5.25 Å². The summed E-state index contributed by atoms with van der Waals surface area (Å²) in [4.78, 5) is 0. The number of thiol groups is 1. The van der Waals surface area contributed by atoms with E-state index in [1.165, 1.54) is 12.0 Å². The van der Waals surface area contributed by atoms with Gasteiger partial charge in [0.15, 0.2) is 0 Å². The third kappa shape index (κ3) is 2.24. The van der Waals surface area contributed by atoms with Crippen LogP contribution in [0, 0.1) is 0 Å². The molecule has 0 saturated carbocycles. The average molecular weight is 162 g/mol. The standard InChI is InChI=1S/C6H10OS2/c1-7-9-6-3-2-5(8)4-6/h2-3,5-6,8H,4H2,1H3. The van der Waals surface area contributed by atoms with E-state index in [-0.39, 0.29) is 0 Å². The summed E-state index contributed by atoms with van der Waals surface area (Å²) in [5.74, 6) is 0. The molecule has 52 valence electrons. The van der Waals surface area contributed by atoms with Crippen molar-refractivity contribution in [2.24, 2.45) is 0 Å². The Kier molecular flexibility index (Phi) is 2.95. The van der Waals surface area contributed by atoms with Gasteiger partial charge in [0.25, 0.3) is 0 Å². The maximum Gasteiger partial charge on any atom is 0.0504 e. The molecule has 0 fully saturated rings. The molecule has 1 rings (SSSR count). The van der Waals surface area contributed by atoms with E-state index in [4.69, 9.17) is 4.18 Å². The Labute approximate surface area is 65.5 Å². The zero-order valence-electron chi connectivity index (χ0n) is 5.28. The van der Waals surface area contributed by atoms with Gasteiger partial charge in [-0.25, -0.2) is 0 Å². The summed E-state index contributed by atoms with van der Waals surface area (Å²) in [6, 6.07) is 0. The van der Waals surface area contributed by atoms with E-state index in [0.29, 0.717) is 10.5 Å². The monoisotopic (exact) mass is 162 g/mol. The first kappa shape index (κ1) is 7.51.